The second-order valence-electron chi connectivity index (χ2n) is 55.4. The second kappa shape index (κ2) is 55.3. The summed E-state index contributed by atoms with van der Waals surface area (Å²) in [6.45, 7) is 94.9. The highest BCUT2D eigenvalue weighted by molar-refractivity contribution is 5.79. The summed E-state index contributed by atoms with van der Waals surface area (Å²) >= 11 is 0. The van der Waals surface area contributed by atoms with Crippen molar-refractivity contribution in [3.63, 3.8) is 0 Å². The molecular formula is C132H244O14. The van der Waals surface area contributed by atoms with E-state index in [4.69, 9.17) is 33.2 Å². The van der Waals surface area contributed by atoms with Crippen molar-refractivity contribution in [3.05, 3.63) is 0 Å². The maximum Gasteiger partial charge on any atom is 0.312 e. The lowest BCUT2D eigenvalue weighted by atomic mass is 9.46. The lowest BCUT2D eigenvalue weighted by Crippen LogP contribution is -2.58. The summed E-state index contributed by atoms with van der Waals surface area (Å²) in [4.78, 5) is 86.8. The van der Waals surface area contributed by atoms with Crippen molar-refractivity contribution in [1.82, 2.24) is 0 Å². The fourth-order valence-corrected chi connectivity index (χ4v) is 30.2. The molecule has 0 N–H and O–H groups in total. The molecule has 19 aliphatic carbocycles. The van der Waals surface area contributed by atoms with E-state index in [-0.39, 0.29) is 135 Å². The minimum Gasteiger partial charge on any atom is -0.459 e. The van der Waals surface area contributed by atoms with Crippen LogP contribution in [0.15, 0.2) is 0 Å². The van der Waals surface area contributed by atoms with Gasteiger partial charge in [-0.05, 0) is 484 Å². The van der Waals surface area contributed by atoms with Crippen LogP contribution in [0.5, 0.6) is 0 Å². The Hall–Kier alpha value is -3.71. The number of esters is 7. The molecule has 0 saturated heterocycles. The van der Waals surface area contributed by atoms with Crippen molar-refractivity contribution >= 4 is 41.8 Å². The van der Waals surface area contributed by atoms with Crippen LogP contribution in [-0.2, 0) is 66.7 Å². The van der Waals surface area contributed by atoms with Gasteiger partial charge in [-0.2, -0.15) is 0 Å². The molecule has 0 aromatic rings. The highest BCUT2D eigenvalue weighted by Gasteiger charge is 2.70. The summed E-state index contributed by atoms with van der Waals surface area (Å²) in [5.41, 5.74) is -3.28. The summed E-state index contributed by atoms with van der Waals surface area (Å²) in [7, 11) is 0. The fraction of sp³-hybridized carbons (Fsp3) is 0.947. The third-order valence-corrected chi connectivity index (χ3v) is 43.3. The summed E-state index contributed by atoms with van der Waals surface area (Å²) in [6.07, 6.45) is 53.5. The molecule has 0 aromatic heterocycles. The maximum absolute atomic E-state index is 12.6. The Morgan fingerprint density at radius 1 is 0.253 bits per heavy atom. The molecule has 0 heterocycles. The Balaban J connectivity index is 0.000000348. The first-order valence-electron chi connectivity index (χ1n) is 62.7. The Labute approximate surface area is 903 Å². The third kappa shape index (κ3) is 31.0. The van der Waals surface area contributed by atoms with Gasteiger partial charge in [0.1, 0.15) is 39.2 Å². The monoisotopic (exact) mass is 2050 g/mol. The Kier molecular flexibility index (Phi) is 50.9. The number of fused-ring (bicyclic) bond motifs is 11. The normalized spacial score (nSPS) is 36.1. The number of hydrogen-bond donors (Lipinski definition) is 0. The molecule has 19 rings (SSSR count). The SMILES string of the molecule is CC.CC.CC.CC.CC.CC.CC.CCC(C)(C)C(=O)OC(C)(C)C12CC3CC(CC(C3)C1)C2.CCC(C)(C)C(=O)OC1(C)C2CC3CC(C2)CC1C3.CCC(C)(C)C(=O)OC1(C)CC2CC1C1CCCC21.CCC(C)(C)C(=O)OC1(C)CC2CCC1(C)C2(C)C.CCC(C)(C)C(=O)OC1(C)CC2CCC1C2.CCC(C)(C)C(=O)OC1(C)CCC2CCCCC2C1.CCC(C)(C)C(=O)OC1(C)CCCC2CCCCC21. The highest BCUT2D eigenvalue weighted by Crippen LogP contribution is 2.72. The quantitative estimate of drug-likeness (QED) is 0.0736. The predicted octanol–water partition coefficient (Wildman–Crippen LogP) is 38.1. The lowest BCUT2D eigenvalue weighted by Gasteiger charge is -2.61. The van der Waals surface area contributed by atoms with Crippen LogP contribution in [0.25, 0.3) is 0 Å². The zero-order valence-electron chi connectivity index (χ0n) is 105. The zero-order valence-corrected chi connectivity index (χ0v) is 105. The largest absolute Gasteiger partial charge is 0.459 e. The molecular weight excluding hydrogens is 1810 g/mol. The molecule has 0 spiro atoms. The molecule has 0 amide bonds. The molecule has 17 unspecified atom stereocenters. The summed E-state index contributed by atoms with van der Waals surface area (Å²) in [6, 6.07) is 0. The molecule has 146 heavy (non-hydrogen) atoms. The first-order chi connectivity index (χ1) is 68.0. The van der Waals surface area contributed by atoms with Crippen molar-refractivity contribution in [3.8, 4) is 0 Å². The summed E-state index contributed by atoms with van der Waals surface area (Å²) in [5, 5.41) is 0. The molecule has 14 heteroatoms. The Morgan fingerprint density at radius 2 is 0.623 bits per heavy atom. The standard InChI is InChI=1S/C19H32O2.2C17H28O2.3C17H30O2.C14H24O2.7C2H6/c1-6-17(2,3)16(20)21-18(4,5)19-10-13-7-14(11-19)9-15(8-13)12-19;1-5-16(2,3)15(18)19-17(4)13-7-11-6-12(9-13)10-14(17)8-11;1-5-16(2,3)15(18)19-17(4)10-11-9-14(17)13-8-6-7-12(11)13;1-8-14(2,3)13(18)19-17(7)11-12-9-10-16(17,6)15(12,4)5;1-5-16(2,3)15(18)19-17(4)12-8-10-13-9-6-7-11-14(13)17;1-5-16(2,3)15(18)19-17(4)11-10-13-8-6-7-9-14(13)12-17;1-5-13(2,3)12(15)16-14(4)9-10-6-7-11(14)8-10;7*1-2/h13-15H,6-12H2,1-5H3;2*11-14H,5-10H2,1-4H3;12H,8-11H2,1-7H3;2*13-14H,5-12H2,1-4H3;10-11H,5-9H2,1-4H3;7*1-2H3. The van der Waals surface area contributed by atoms with E-state index in [1.54, 1.807) is 0 Å². The van der Waals surface area contributed by atoms with Gasteiger partial charge in [0.15, 0.2) is 0 Å². The van der Waals surface area contributed by atoms with E-state index >= 15 is 0 Å². The average molecular weight is 2060 g/mol. The highest BCUT2D eigenvalue weighted by atomic mass is 16.6. The predicted molar refractivity (Wildman–Crippen MR) is 613 cm³/mol. The van der Waals surface area contributed by atoms with E-state index in [2.05, 4.69) is 118 Å². The van der Waals surface area contributed by atoms with Crippen LogP contribution < -0.4 is 0 Å². The zero-order chi connectivity index (χ0) is 112. The lowest BCUT2D eigenvalue weighted by molar-refractivity contribution is -0.211. The minimum atomic E-state index is -0.370. The number of carbonyl (C=O) groups excluding carboxylic acids is 7. The molecule has 14 bridgehead atoms. The molecule has 856 valence electrons. The molecule has 0 aromatic carbocycles. The van der Waals surface area contributed by atoms with Gasteiger partial charge >= 0.3 is 41.8 Å². The van der Waals surface area contributed by atoms with Gasteiger partial charge in [-0.1, -0.05) is 218 Å². The first-order valence-corrected chi connectivity index (χ1v) is 62.7. The molecule has 17 atom stereocenters. The van der Waals surface area contributed by atoms with Crippen LogP contribution in [0.4, 0.5) is 0 Å². The second-order valence-corrected chi connectivity index (χ2v) is 55.4. The van der Waals surface area contributed by atoms with Crippen LogP contribution in [-0.4, -0.2) is 81.0 Å². The van der Waals surface area contributed by atoms with Crippen LogP contribution in [0.3, 0.4) is 0 Å². The average Bonchev–Trinajstić information content (AvgIpc) is 1.51. The van der Waals surface area contributed by atoms with Gasteiger partial charge in [-0.15, -0.1) is 0 Å². The maximum atomic E-state index is 12.6. The van der Waals surface area contributed by atoms with Crippen LogP contribution in [0.1, 0.15) is 601 Å². The van der Waals surface area contributed by atoms with Crippen molar-refractivity contribution < 1.29 is 66.7 Å². The minimum absolute atomic E-state index is 0.00345. The van der Waals surface area contributed by atoms with E-state index < -0.39 is 0 Å². The first kappa shape index (κ1) is 135. The number of ether oxygens (including phenoxy) is 7. The van der Waals surface area contributed by atoms with Gasteiger partial charge in [-0.25, -0.2) is 0 Å². The van der Waals surface area contributed by atoms with Gasteiger partial charge in [0, 0.05) is 22.7 Å². The van der Waals surface area contributed by atoms with Crippen molar-refractivity contribution in [2.75, 3.05) is 0 Å². The van der Waals surface area contributed by atoms with Crippen molar-refractivity contribution in [2.45, 2.75) is 640 Å². The van der Waals surface area contributed by atoms with Gasteiger partial charge in [0.25, 0.3) is 0 Å². The molecule has 19 aliphatic rings. The van der Waals surface area contributed by atoms with E-state index in [1.165, 1.54) is 199 Å². The number of hydrogen-bond acceptors (Lipinski definition) is 14. The van der Waals surface area contributed by atoms with Crippen molar-refractivity contribution in [2.24, 2.45) is 161 Å². The molecule has 19 saturated carbocycles. The summed E-state index contributed by atoms with van der Waals surface area (Å²) in [5.74, 6) is 14.3. The van der Waals surface area contributed by atoms with Crippen molar-refractivity contribution in [1.29, 1.82) is 0 Å². The summed E-state index contributed by atoms with van der Waals surface area (Å²) < 4.78 is 42.3. The molecule has 0 aliphatic heterocycles. The van der Waals surface area contributed by atoms with Crippen LogP contribution in [0.2, 0.25) is 0 Å². The fourth-order valence-electron chi connectivity index (χ4n) is 30.2. The van der Waals surface area contributed by atoms with Gasteiger partial charge in [-0.3, -0.25) is 33.6 Å². The van der Waals surface area contributed by atoms with Crippen LogP contribution >= 0.6 is 0 Å². The van der Waals surface area contributed by atoms with E-state index in [0.29, 0.717) is 35.5 Å². The third-order valence-electron chi connectivity index (χ3n) is 43.3. The van der Waals surface area contributed by atoms with Crippen LogP contribution in [0, 0.1) is 161 Å². The van der Waals surface area contributed by atoms with E-state index in [0.717, 1.165) is 154 Å². The van der Waals surface area contributed by atoms with E-state index in [9.17, 15) is 33.6 Å². The Bertz CT molecular complexity index is 3890. The van der Waals surface area contributed by atoms with Gasteiger partial charge < -0.3 is 33.2 Å². The van der Waals surface area contributed by atoms with E-state index in [1.807, 2.05) is 201 Å². The molecule has 14 nitrogen and oxygen atoms in total. The Morgan fingerprint density at radius 3 is 1.03 bits per heavy atom. The smallest absolute Gasteiger partial charge is 0.312 e. The number of carbonyl (C=O) groups is 7. The molecule has 0 radical (unpaired) electrons. The molecule has 19 fully saturated rings. The topological polar surface area (TPSA) is 184 Å². The van der Waals surface area contributed by atoms with Gasteiger partial charge in [0.2, 0.25) is 0 Å². The number of rotatable bonds is 22. The van der Waals surface area contributed by atoms with Gasteiger partial charge in [0.05, 0.1) is 37.9 Å².